The van der Waals surface area contributed by atoms with Gasteiger partial charge in [0.05, 0.1) is 7.11 Å². The van der Waals surface area contributed by atoms with Crippen LogP contribution in [0.25, 0.3) is 0 Å². The third-order valence-corrected chi connectivity index (χ3v) is 4.97. The van der Waals surface area contributed by atoms with Gasteiger partial charge in [0.2, 0.25) is 0 Å². The molecule has 0 bridgehead atoms. The van der Waals surface area contributed by atoms with Gasteiger partial charge in [-0.25, -0.2) is 0 Å². The Morgan fingerprint density at radius 2 is 1.32 bits per heavy atom. The summed E-state index contributed by atoms with van der Waals surface area (Å²) in [5.41, 5.74) is 1.38. The first kappa shape index (κ1) is 22.1. The summed E-state index contributed by atoms with van der Waals surface area (Å²) in [6, 6.07) is 4.22. The minimum absolute atomic E-state index is 1.05. The Hall–Kier alpha value is -0.930. The number of pyridine rings is 1. The summed E-state index contributed by atoms with van der Waals surface area (Å²) in [5.74, 6) is 0. The number of hydrogen-bond acceptors (Lipinski definition) is 3. The van der Waals surface area contributed by atoms with Crippen LogP contribution in [0.1, 0.15) is 89.0 Å². The lowest BCUT2D eigenvalue weighted by Crippen LogP contribution is -2.17. The highest BCUT2D eigenvalue weighted by Crippen LogP contribution is 2.13. The molecule has 0 unspecified atom stereocenters. The van der Waals surface area contributed by atoms with Gasteiger partial charge in [0, 0.05) is 26.0 Å². The van der Waals surface area contributed by atoms with E-state index in [2.05, 4.69) is 11.1 Å². The lowest BCUT2D eigenvalue weighted by atomic mass is 10.0. The van der Waals surface area contributed by atoms with Gasteiger partial charge in [-0.05, 0) is 30.9 Å². The van der Waals surface area contributed by atoms with Crippen LogP contribution in [0.4, 0.5) is 0 Å². The Bertz CT molecular complexity index is 383. The molecular weight excluding hydrogens is 308 g/mol. The first-order valence-electron chi connectivity index (χ1n) is 10.5. The van der Waals surface area contributed by atoms with Crippen LogP contribution in [0.2, 0.25) is 0 Å². The van der Waals surface area contributed by atoms with Crippen molar-refractivity contribution in [2.75, 3.05) is 20.7 Å². The maximum Gasteiger partial charge on any atom is 0.0575 e. The maximum absolute atomic E-state index is 5.11. The summed E-state index contributed by atoms with van der Waals surface area (Å²) in [7, 11) is 3.74. The highest BCUT2D eigenvalue weighted by molar-refractivity contribution is 5.08. The molecular formula is C22H40N2O. The van der Waals surface area contributed by atoms with Gasteiger partial charge < -0.3 is 4.84 Å². The summed E-state index contributed by atoms with van der Waals surface area (Å²) in [6.07, 6.45) is 23.1. The van der Waals surface area contributed by atoms with Crippen molar-refractivity contribution < 1.29 is 4.84 Å². The fraction of sp³-hybridized carbons (Fsp3) is 0.773. The molecule has 0 aliphatic heterocycles. The lowest BCUT2D eigenvalue weighted by Gasteiger charge is -2.12. The second-order valence-electron chi connectivity index (χ2n) is 7.24. The van der Waals surface area contributed by atoms with Crippen molar-refractivity contribution in [3.63, 3.8) is 0 Å². The molecule has 1 aromatic heterocycles. The molecule has 3 nitrogen and oxygen atoms in total. The van der Waals surface area contributed by atoms with Crippen molar-refractivity contribution in [2.45, 2.75) is 89.9 Å². The number of hydrogen-bond donors (Lipinski definition) is 0. The third-order valence-electron chi connectivity index (χ3n) is 4.97. The topological polar surface area (TPSA) is 25.4 Å². The number of aromatic nitrogens is 1. The molecule has 0 atom stereocenters. The zero-order chi connectivity index (χ0) is 18.0. The lowest BCUT2D eigenvalue weighted by molar-refractivity contribution is -0.109. The first-order valence-corrected chi connectivity index (χ1v) is 10.5. The minimum Gasteiger partial charge on any atom is -0.303 e. The second-order valence-corrected chi connectivity index (χ2v) is 7.24. The highest BCUT2D eigenvalue weighted by atomic mass is 16.7. The molecule has 0 radical (unpaired) electrons. The van der Waals surface area contributed by atoms with Crippen LogP contribution in [0.15, 0.2) is 24.5 Å². The molecule has 0 saturated carbocycles. The van der Waals surface area contributed by atoms with Gasteiger partial charge in [0.1, 0.15) is 0 Å². The van der Waals surface area contributed by atoms with Crippen LogP contribution in [-0.4, -0.2) is 30.7 Å². The Labute approximate surface area is 156 Å². The molecule has 0 spiro atoms. The molecule has 0 aliphatic carbocycles. The normalized spacial score (nSPS) is 11.3. The molecule has 0 saturated heterocycles. The van der Waals surface area contributed by atoms with Gasteiger partial charge in [0.15, 0.2) is 0 Å². The molecule has 0 amide bonds. The minimum atomic E-state index is 1.05. The predicted molar refractivity (Wildman–Crippen MR) is 108 cm³/mol. The average molecular weight is 349 g/mol. The Morgan fingerprint density at radius 3 is 1.80 bits per heavy atom. The molecule has 0 aliphatic rings. The van der Waals surface area contributed by atoms with E-state index in [0.29, 0.717) is 0 Å². The van der Waals surface area contributed by atoms with Crippen LogP contribution in [-0.2, 0) is 11.3 Å². The molecule has 25 heavy (non-hydrogen) atoms. The first-order chi connectivity index (χ1) is 12.3. The van der Waals surface area contributed by atoms with E-state index < -0.39 is 0 Å². The van der Waals surface area contributed by atoms with E-state index in [-0.39, 0.29) is 0 Å². The smallest absolute Gasteiger partial charge is 0.0575 e. The predicted octanol–water partition coefficient (Wildman–Crippen LogP) is 6.19. The van der Waals surface area contributed by atoms with E-state index in [1.807, 2.05) is 30.6 Å². The van der Waals surface area contributed by atoms with Gasteiger partial charge in [-0.1, -0.05) is 76.7 Å². The van der Waals surface area contributed by atoms with Gasteiger partial charge >= 0.3 is 0 Å². The highest BCUT2D eigenvalue weighted by Gasteiger charge is 1.97. The fourth-order valence-corrected chi connectivity index (χ4v) is 3.25. The standard InChI is InChI=1S/C22H40N2O/c1-24(25-2)20-15-13-11-9-7-5-3-4-6-8-10-12-14-17-22-18-16-19-23-21-22/h16,18-19,21H,3-15,17,20H2,1-2H3. The molecule has 1 heterocycles. The number of nitrogens with zero attached hydrogens (tertiary/aromatic N) is 2. The van der Waals surface area contributed by atoms with Crippen LogP contribution < -0.4 is 0 Å². The zero-order valence-corrected chi connectivity index (χ0v) is 16.7. The second kappa shape index (κ2) is 16.5. The van der Waals surface area contributed by atoms with Gasteiger partial charge in [0.25, 0.3) is 0 Å². The average Bonchev–Trinajstić information content (AvgIpc) is 2.65. The van der Waals surface area contributed by atoms with E-state index in [0.717, 1.165) is 6.54 Å². The van der Waals surface area contributed by atoms with Crippen LogP contribution in [0.3, 0.4) is 0 Å². The van der Waals surface area contributed by atoms with Crippen molar-refractivity contribution in [1.82, 2.24) is 10.0 Å². The third kappa shape index (κ3) is 14.0. The van der Waals surface area contributed by atoms with Crippen LogP contribution >= 0.6 is 0 Å². The van der Waals surface area contributed by atoms with Crippen LogP contribution in [0.5, 0.6) is 0 Å². The van der Waals surface area contributed by atoms with E-state index in [4.69, 9.17) is 4.84 Å². The molecule has 1 rings (SSSR count). The molecule has 3 heteroatoms. The van der Waals surface area contributed by atoms with Crippen molar-refractivity contribution in [3.8, 4) is 0 Å². The number of rotatable bonds is 17. The summed E-state index contributed by atoms with van der Waals surface area (Å²) in [5, 5.41) is 1.92. The van der Waals surface area contributed by atoms with Crippen molar-refractivity contribution >= 4 is 0 Å². The molecule has 0 N–H and O–H groups in total. The van der Waals surface area contributed by atoms with Crippen LogP contribution in [0, 0.1) is 0 Å². The SMILES string of the molecule is CON(C)CCCCCCCCCCCCCCCc1cccnc1. The summed E-state index contributed by atoms with van der Waals surface area (Å²) >= 11 is 0. The molecule has 144 valence electrons. The van der Waals surface area contributed by atoms with Gasteiger partial charge in [-0.3, -0.25) is 4.98 Å². The molecule has 1 aromatic rings. The summed E-state index contributed by atoms with van der Waals surface area (Å²) in [4.78, 5) is 9.29. The number of unbranched alkanes of at least 4 members (excludes halogenated alkanes) is 12. The number of hydroxylamine groups is 2. The molecule has 0 fully saturated rings. The Kier molecular flexibility index (Phi) is 14.6. The van der Waals surface area contributed by atoms with Crippen molar-refractivity contribution in [1.29, 1.82) is 0 Å². The van der Waals surface area contributed by atoms with Crippen molar-refractivity contribution in [2.24, 2.45) is 0 Å². The quantitative estimate of drug-likeness (QED) is 0.248. The van der Waals surface area contributed by atoms with E-state index in [1.165, 1.54) is 95.5 Å². The monoisotopic (exact) mass is 348 g/mol. The summed E-state index contributed by atoms with van der Waals surface area (Å²) < 4.78 is 0. The van der Waals surface area contributed by atoms with Gasteiger partial charge in [-0.15, -0.1) is 0 Å². The molecule has 0 aromatic carbocycles. The van der Waals surface area contributed by atoms with E-state index >= 15 is 0 Å². The fourth-order valence-electron chi connectivity index (χ4n) is 3.25. The Balaban J connectivity index is 1.72. The summed E-state index contributed by atoms with van der Waals surface area (Å²) in [6.45, 7) is 1.05. The largest absolute Gasteiger partial charge is 0.303 e. The Morgan fingerprint density at radius 1 is 0.800 bits per heavy atom. The van der Waals surface area contributed by atoms with E-state index in [9.17, 15) is 0 Å². The van der Waals surface area contributed by atoms with Gasteiger partial charge in [-0.2, -0.15) is 5.06 Å². The van der Waals surface area contributed by atoms with E-state index in [1.54, 1.807) is 7.11 Å². The zero-order valence-electron chi connectivity index (χ0n) is 16.7. The van der Waals surface area contributed by atoms with Crippen molar-refractivity contribution in [3.05, 3.63) is 30.1 Å². The number of aryl methyl sites for hydroxylation is 1. The maximum atomic E-state index is 5.11.